The van der Waals surface area contributed by atoms with E-state index in [-0.39, 0.29) is 37.5 Å². The molecule has 0 aromatic heterocycles. The van der Waals surface area contributed by atoms with Crippen molar-refractivity contribution in [3.63, 3.8) is 0 Å². The van der Waals surface area contributed by atoms with Crippen molar-refractivity contribution in [2.24, 2.45) is 5.92 Å². The standard InChI is InChI=1S/C16H31FN2O4/c1-4-22-12-15(20)18-8-6-5-7-9-23-11-14(17)10-19-16(21)13(2)3/h13-14H,4-12H2,1-3H3,(H,18,20)(H,19,21). The topological polar surface area (TPSA) is 76.7 Å². The van der Waals surface area contributed by atoms with E-state index in [1.54, 1.807) is 13.8 Å². The number of halogens is 1. The Kier molecular flexibility index (Phi) is 13.6. The Balaban J connectivity index is 3.35. The number of hydrogen-bond acceptors (Lipinski definition) is 4. The SMILES string of the molecule is CCOCC(=O)NCCCCCOCC(F)CNC(=O)C(C)C. The summed E-state index contributed by atoms with van der Waals surface area (Å²) in [6.07, 6.45) is 1.38. The molecule has 0 heterocycles. The summed E-state index contributed by atoms with van der Waals surface area (Å²) >= 11 is 0. The summed E-state index contributed by atoms with van der Waals surface area (Å²) in [6, 6.07) is 0. The van der Waals surface area contributed by atoms with E-state index in [1.807, 2.05) is 6.92 Å². The Morgan fingerprint density at radius 2 is 1.83 bits per heavy atom. The molecular formula is C16H31FN2O4. The van der Waals surface area contributed by atoms with Crippen molar-refractivity contribution in [1.29, 1.82) is 0 Å². The van der Waals surface area contributed by atoms with E-state index in [4.69, 9.17) is 9.47 Å². The molecule has 136 valence electrons. The van der Waals surface area contributed by atoms with Crippen molar-refractivity contribution in [3.8, 4) is 0 Å². The maximum absolute atomic E-state index is 13.4. The Hall–Kier alpha value is -1.21. The number of unbranched alkanes of at least 4 members (excludes halogenated alkanes) is 2. The molecule has 0 aromatic carbocycles. The van der Waals surface area contributed by atoms with Gasteiger partial charge < -0.3 is 20.1 Å². The largest absolute Gasteiger partial charge is 0.378 e. The van der Waals surface area contributed by atoms with Crippen molar-refractivity contribution in [2.45, 2.75) is 46.2 Å². The maximum atomic E-state index is 13.4. The van der Waals surface area contributed by atoms with Crippen LogP contribution in [0, 0.1) is 5.92 Å². The monoisotopic (exact) mass is 334 g/mol. The first kappa shape index (κ1) is 21.8. The van der Waals surface area contributed by atoms with Gasteiger partial charge in [0.1, 0.15) is 12.8 Å². The number of alkyl halides is 1. The highest BCUT2D eigenvalue weighted by Crippen LogP contribution is 1.98. The van der Waals surface area contributed by atoms with E-state index in [0.717, 1.165) is 19.3 Å². The first-order chi connectivity index (χ1) is 11.0. The molecule has 0 aliphatic carbocycles. The maximum Gasteiger partial charge on any atom is 0.245 e. The predicted octanol–water partition coefficient (Wildman–Crippen LogP) is 1.44. The fourth-order valence-electron chi connectivity index (χ4n) is 1.67. The van der Waals surface area contributed by atoms with E-state index in [2.05, 4.69) is 10.6 Å². The molecule has 1 atom stereocenters. The summed E-state index contributed by atoms with van der Waals surface area (Å²) in [5, 5.41) is 5.29. The van der Waals surface area contributed by atoms with Gasteiger partial charge in [-0.25, -0.2) is 4.39 Å². The molecule has 0 aromatic rings. The van der Waals surface area contributed by atoms with Crippen molar-refractivity contribution >= 4 is 11.8 Å². The number of amides is 2. The molecule has 0 fully saturated rings. The predicted molar refractivity (Wildman–Crippen MR) is 86.9 cm³/mol. The Labute approximate surface area is 138 Å². The minimum atomic E-state index is -1.18. The van der Waals surface area contributed by atoms with Crippen molar-refractivity contribution in [1.82, 2.24) is 10.6 Å². The third-order valence-electron chi connectivity index (χ3n) is 3.05. The van der Waals surface area contributed by atoms with Gasteiger partial charge >= 0.3 is 0 Å². The third kappa shape index (κ3) is 14.1. The second kappa shape index (κ2) is 14.4. The molecule has 0 saturated carbocycles. The summed E-state index contributed by atoms with van der Waals surface area (Å²) in [5.41, 5.74) is 0. The average molecular weight is 334 g/mol. The Morgan fingerprint density at radius 1 is 1.09 bits per heavy atom. The number of hydrogen-bond donors (Lipinski definition) is 2. The quantitative estimate of drug-likeness (QED) is 0.471. The zero-order valence-electron chi connectivity index (χ0n) is 14.5. The molecule has 0 radical (unpaired) electrons. The second-order valence-electron chi connectivity index (χ2n) is 5.62. The van der Waals surface area contributed by atoms with E-state index >= 15 is 0 Å². The van der Waals surface area contributed by atoms with Crippen molar-refractivity contribution in [2.75, 3.05) is 39.5 Å². The molecule has 6 nitrogen and oxygen atoms in total. The molecule has 0 rings (SSSR count). The molecule has 2 N–H and O–H groups in total. The number of ether oxygens (including phenoxy) is 2. The van der Waals surface area contributed by atoms with Crippen LogP contribution in [0.3, 0.4) is 0 Å². The fraction of sp³-hybridized carbons (Fsp3) is 0.875. The first-order valence-corrected chi connectivity index (χ1v) is 8.31. The molecule has 0 bridgehead atoms. The van der Waals surface area contributed by atoms with Crippen LogP contribution in [0.5, 0.6) is 0 Å². The lowest BCUT2D eigenvalue weighted by Crippen LogP contribution is -2.34. The van der Waals surface area contributed by atoms with Gasteiger partial charge in [-0.15, -0.1) is 0 Å². The number of rotatable bonds is 14. The van der Waals surface area contributed by atoms with Gasteiger partial charge in [0.2, 0.25) is 11.8 Å². The van der Waals surface area contributed by atoms with Crippen molar-refractivity contribution < 1.29 is 23.5 Å². The molecule has 23 heavy (non-hydrogen) atoms. The normalized spacial score (nSPS) is 12.2. The van der Waals surface area contributed by atoms with Gasteiger partial charge in [0.05, 0.1) is 13.2 Å². The van der Waals surface area contributed by atoms with E-state index in [0.29, 0.717) is 19.8 Å². The third-order valence-corrected chi connectivity index (χ3v) is 3.05. The van der Waals surface area contributed by atoms with Crippen LogP contribution in [0.15, 0.2) is 0 Å². The minimum Gasteiger partial charge on any atom is -0.378 e. The number of carbonyl (C=O) groups is 2. The minimum absolute atomic E-state index is 0.0104. The van der Waals surface area contributed by atoms with Crippen LogP contribution >= 0.6 is 0 Å². The van der Waals surface area contributed by atoms with Crippen LogP contribution in [-0.2, 0) is 19.1 Å². The van der Waals surface area contributed by atoms with Crippen LogP contribution < -0.4 is 10.6 Å². The average Bonchev–Trinajstić information content (AvgIpc) is 2.52. The molecule has 0 spiro atoms. The lowest BCUT2D eigenvalue weighted by atomic mass is 10.2. The van der Waals surface area contributed by atoms with Gasteiger partial charge in [-0.1, -0.05) is 13.8 Å². The highest BCUT2D eigenvalue weighted by atomic mass is 19.1. The van der Waals surface area contributed by atoms with Gasteiger partial charge in [-0.2, -0.15) is 0 Å². The van der Waals surface area contributed by atoms with Crippen LogP contribution in [0.1, 0.15) is 40.0 Å². The first-order valence-electron chi connectivity index (χ1n) is 8.31. The zero-order chi connectivity index (χ0) is 17.5. The molecule has 0 aliphatic heterocycles. The summed E-state index contributed by atoms with van der Waals surface area (Å²) in [4.78, 5) is 22.5. The molecule has 7 heteroatoms. The smallest absolute Gasteiger partial charge is 0.245 e. The number of nitrogens with one attached hydrogen (secondary N) is 2. The Bertz CT molecular complexity index is 327. The van der Waals surface area contributed by atoms with Gasteiger partial charge in [-0.3, -0.25) is 9.59 Å². The van der Waals surface area contributed by atoms with E-state index in [9.17, 15) is 14.0 Å². The highest BCUT2D eigenvalue weighted by Gasteiger charge is 2.11. The van der Waals surface area contributed by atoms with Gasteiger partial charge in [0.15, 0.2) is 0 Å². The zero-order valence-corrected chi connectivity index (χ0v) is 14.5. The fourth-order valence-corrected chi connectivity index (χ4v) is 1.67. The molecule has 2 amide bonds. The molecule has 1 unspecified atom stereocenters. The Morgan fingerprint density at radius 3 is 2.48 bits per heavy atom. The van der Waals surface area contributed by atoms with Gasteiger partial charge in [-0.05, 0) is 26.2 Å². The van der Waals surface area contributed by atoms with Gasteiger partial charge in [0, 0.05) is 25.7 Å². The van der Waals surface area contributed by atoms with Crippen LogP contribution in [0.25, 0.3) is 0 Å². The molecule has 0 saturated heterocycles. The summed E-state index contributed by atoms with van der Waals surface area (Å²) < 4.78 is 23.7. The molecule has 0 aliphatic rings. The summed E-state index contributed by atoms with van der Waals surface area (Å²) in [6.45, 7) is 7.06. The molecular weight excluding hydrogens is 303 g/mol. The van der Waals surface area contributed by atoms with Crippen LogP contribution in [0.2, 0.25) is 0 Å². The van der Waals surface area contributed by atoms with Crippen LogP contribution in [-0.4, -0.2) is 57.5 Å². The summed E-state index contributed by atoms with van der Waals surface area (Å²) in [7, 11) is 0. The lowest BCUT2D eigenvalue weighted by Gasteiger charge is -2.12. The van der Waals surface area contributed by atoms with Gasteiger partial charge in [0.25, 0.3) is 0 Å². The van der Waals surface area contributed by atoms with E-state index < -0.39 is 6.17 Å². The second-order valence-corrected chi connectivity index (χ2v) is 5.62. The van der Waals surface area contributed by atoms with Crippen molar-refractivity contribution in [3.05, 3.63) is 0 Å². The lowest BCUT2D eigenvalue weighted by molar-refractivity contribution is -0.125. The number of carbonyl (C=O) groups excluding carboxylic acids is 2. The van der Waals surface area contributed by atoms with Crippen LogP contribution in [0.4, 0.5) is 4.39 Å². The summed E-state index contributed by atoms with van der Waals surface area (Å²) in [5.74, 6) is -0.400. The highest BCUT2D eigenvalue weighted by molar-refractivity contribution is 5.77. The van der Waals surface area contributed by atoms with E-state index in [1.165, 1.54) is 0 Å².